The predicted molar refractivity (Wildman–Crippen MR) is 130 cm³/mol. The van der Waals surface area contributed by atoms with E-state index in [1.807, 2.05) is 6.92 Å². The SMILES string of the molecule is Cc1cc(CNC(=O)c2cc(CN(CC(N)=O)[C@H](C)c3ccc(C(=O)O)c(C)c3)ncn2)ccc1F. The molecule has 36 heavy (non-hydrogen) atoms. The Bertz CT molecular complexity index is 1300. The number of aromatic nitrogens is 2. The first kappa shape index (κ1) is 26.4. The normalized spacial score (nSPS) is 11.8. The van der Waals surface area contributed by atoms with Gasteiger partial charge in [-0.1, -0.05) is 24.3 Å². The quantitative estimate of drug-likeness (QED) is 0.395. The maximum absolute atomic E-state index is 13.5. The van der Waals surface area contributed by atoms with Crippen LogP contribution in [-0.2, 0) is 17.9 Å². The number of halogens is 1. The first-order chi connectivity index (χ1) is 17.0. The fourth-order valence-electron chi connectivity index (χ4n) is 3.83. The standard InChI is InChI=1S/C26H28FN5O4/c1-15-9-19(5-6-21(15)26(35)36)17(3)32(13-24(28)33)12-20-10-23(31-14-30-20)25(34)29-11-18-4-7-22(27)16(2)8-18/h4-10,14,17H,11-13H2,1-3H3,(H2,28,33)(H,29,34)(H,35,36)/t17-/m1/s1. The second-order valence-corrected chi connectivity index (χ2v) is 8.59. The van der Waals surface area contributed by atoms with Crippen molar-refractivity contribution in [3.63, 3.8) is 0 Å². The van der Waals surface area contributed by atoms with E-state index in [-0.39, 0.29) is 42.8 Å². The molecule has 0 aliphatic heterocycles. The Kier molecular flexibility index (Phi) is 8.44. The Morgan fingerprint density at radius 1 is 1.08 bits per heavy atom. The highest BCUT2D eigenvalue weighted by molar-refractivity contribution is 5.92. The first-order valence-corrected chi connectivity index (χ1v) is 11.3. The molecule has 4 N–H and O–H groups in total. The Morgan fingerprint density at radius 2 is 1.83 bits per heavy atom. The van der Waals surface area contributed by atoms with Crippen LogP contribution in [0.2, 0.25) is 0 Å². The number of carbonyl (C=O) groups is 3. The summed E-state index contributed by atoms with van der Waals surface area (Å²) in [6.07, 6.45) is 1.27. The summed E-state index contributed by atoms with van der Waals surface area (Å²) in [5.41, 5.74) is 8.97. The molecule has 188 valence electrons. The van der Waals surface area contributed by atoms with Gasteiger partial charge in [0.2, 0.25) is 5.91 Å². The smallest absolute Gasteiger partial charge is 0.335 e. The van der Waals surface area contributed by atoms with E-state index in [9.17, 15) is 23.9 Å². The van der Waals surface area contributed by atoms with Crippen LogP contribution in [0.4, 0.5) is 4.39 Å². The number of carboxylic acid groups (broad SMARTS) is 1. The van der Waals surface area contributed by atoms with Gasteiger partial charge in [0.25, 0.3) is 5.91 Å². The molecule has 0 saturated carbocycles. The van der Waals surface area contributed by atoms with E-state index in [2.05, 4.69) is 15.3 Å². The highest BCUT2D eigenvalue weighted by Gasteiger charge is 2.21. The van der Waals surface area contributed by atoms with Crippen LogP contribution in [0.5, 0.6) is 0 Å². The molecule has 0 saturated heterocycles. The molecule has 0 spiro atoms. The summed E-state index contributed by atoms with van der Waals surface area (Å²) in [5.74, 6) is -2.28. The number of amides is 2. The molecule has 0 radical (unpaired) electrons. The lowest BCUT2D eigenvalue weighted by molar-refractivity contribution is -0.119. The van der Waals surface area contributed by atoms with Crippen LogP contribution >= 0.6 is 0 Å². The summed E-state index contributed by atoms with van der Waals surface area (Å²) >= 11 is 0. The fourth-order valence-corrected chi connectivity index (χ4v) is 3.83. The van der Waals surface area contributed by atoms with Gasteiger partial charge in [0, 0.05) is 19.1 Å². The number of primary amides is 1. The number of carboxylic acids is 1. The fraction of sp³-hybridized carbons (Fsp3) is 0.269. The Labute approximate surface area is 208 Å². The molecule has 0 fully saturated rings. The van der Waals surface area contributed by atoms with Crippen LogP contribution in [0.15, 0.2) is 48.8 Å². The largest absolute Gasteiger partial charge is 0.478 e. The van der Waals surface area contributed by atoms with E-state index in [0.29, 0.717) is 16.8 Å². The van der Waals surface area contributed by atoms with Crippen molar-refractivity contribution in [2.24, 2.45) is 5.73 Å². The maximum Gasteiger partial charge on any atom is 0.335 e. The topological polar surface area (TPSA) is 139 Å². The minimum atomic E-state index is -1.01. The second-order valence-electron chi connectivity index (χ2n) is 8.59. The van der Waals surface area contributed by atoms with Crippen LogP contribution < -0.4 is 11.1 Å². The summed E-state index contributed by atoms with van der Waals surface area (Å²) in [6, 6.07) is 10.8. The number of carbonyl (C=O) groups excluding carboxylic acids is 2. The van der Waals surface area contributed by atoms with E-state index >= 15 is 0 Å². The van der Waals surface area contributed by atoms with Crippen LogP contribution in [0.25, 0.3) is 0 Å². The van der Waals surface area contributed by atoms with Crippen molar-refractivity contribution in [3.8, 4) is 0 Å². The number of aryl methyl sites for hydroxylation is 2. The summed E-state index contributed by atoms with van der Waals surface area (Å²) in [5, 5.41) is 12.0. The lowest BCUT2D eigenvalue weighted by Crippen LogP contribution is -2.35. The number of hydrogen-bond acceptors (Lipinski definition) is 6. The van der Waals surface area contributed by atoms with Crippen LogP contribution in [0.3, 0.4) is 0 Å². The van der Waals surface area contributed by atoms with E-state index in [0.717, 1.165) is 11.1 Å². The van der Waals surface area contributed by atoms with Gasteiger partial charge >= 0.3 is 5.97 Å². The maximum atomic E-state index is 13.5. The van der Waals surface area contributed by atoms with Gasteiger partial charge in [0.15, 0.2) is 0 Å². The second kappa shape index (κ2) is 11.5. The predicted octanol–water partition coefficient (Wildman–Crippen LogP) is 2.91. The molecule has 0 aliphatic carbocycles. The molecule has 0 bridgehead atoms. The number of benzene rings is 2. The van der Waals surface area contributed by atoms with Crippen LogP contribution in [0.1, 0.15) is 61.8 Å². The van der Waals surface area contributed by atoms with Gasteiger partial charge in [-0.15, -0.1) is 0 Å². The molecule has 1 atom stereocenters. The van der Waals surface area contributed by atoms with Gasteiger partial charge in [-0.3, -0.25) is 14.5 Å². The average molecular weight is 494 g/mol. The van der Waals surface area contributed by atoms with E-state index in [4.69, 9.17) is 5.73 Å². The molecule has 1 heterocycles. The number of hydrogen-bond donors (Lipinski definition) is 3. The minimum absolute atomic E-state index is 0.0731. The number of nitrogens with one attached hydrogen (secondary N) is 1. The van der Waals surface area contributed by atoms with Gasteiger partial charge in [-0.25, -0.2) is 19.2 Å². The molecule has 9 nitrogen and oxygen atoms in total. The molecule has 3 rings (SSSR count). The molecule has 2 amide bonds. The minimum Gasteiger partial charge on any atom is -0.478 e. The summed E-state index contributed by atoms with van der Waals surface area (Å²) in [4.78, 5) is 45.8. The number of nitrogens with two attached hydrogens (primary N) is 1. The van der Waals surface area contributed by atoms with Crippen molar-refractivity contribution < 1.29 is 23.9 Å². The highest BCUT2D eigenvalue weighted by Crippen LogP contribution is 2.24. The van der Waals surface area contributed by atoms with E-state index < -0.39 is 17.8 Å². The summed E-state index contributed by atoms with van der Waals surface area (Å²) < 4.78 is 13.5. The number of nitrogens with zero attached hydrogens (tertiary/aromatic N) is 3. The van der Waals surface area contributed by atoms with Crippen molar-refractivity contribution in [2.75, 3.05) is 6.54 Å². The summed E-state index contributed by atoms with van der Waals surface area (Å²) in [6.45, 7) is 5.56. The molecular formula is C26H28FN5O4. The number of aromatic carboxylic acids is 1. The zero-order valence-electron chi connectivity index (χ0n) is 20.3. The third-order valence-corrected chi connectivity index (χ3v) is 5.87. The Morgan fingerprint density at radius 3 is 2.47 bits per heavy atom. The molecular weight excluding hydrogens is 465 g/mol. The monoisotopic (exact) mass is 493 g/mol. The zero-order valence-corrected chi connectivity index (χ0v) is 20.3. The molecule has 1 aromatic heterocycles. The third kappa shape index (κ3) is 6.70. The molecule has 2 aromatic carbocycles. The zero-order chi connectivity index (χ0) is 26.4. The van der Waals surface area contributed by atoms with Crippen molar-refractivity contribution in [2.45, 2.75) is 39.9 Å². The van der Waals surface area contributed by atoms with Crippen molar-refractivity contribution in [1.82, 2.24) is 20.2 Å². The number of rotatable bonds is 10. The van der Waals surface area contributed by atoms with Crippen molar-refractivity contribution >= 4 is 17.8 Å². The van der Waals surface area contributed by atoms with Crippen LogP contribution in [-0.4, -0.2) is 44.3 Å². The van der Waals surface area contributed by atoms with Gasteiger partial charge in [0.05, 0.1) is 17.8 Å². The third-order valence-electron chi connectivity index (χ3n) is 5.87. The van der Waals surface area contributed by atoms with Gasteiger partial charge < -0.3 is 16.2 Å². The first-order valence-electron chi connectivity index (χ1n) is 11.3. The van der Waals surface area contributed by atoms with Gasteiger partial charge in [-0.05, 0) is 61.2 Å². The van der Waals surface area contributed by atoms with Gasteiger partial charge in [0.1, 0.15) is 17.8 Å². The van der Waals surface area contributed by atoms with Gasteiger partial charge in [-0.2, -0.15) is 0 Å². The highest BCUT2D eigenvalue weighted by atomic mass is 19.1. The van der Waals surface area contributed by atoms with Crippen molar-refractivity contribution in [1.29, 1.82) is 0 Å². The molecule has 3 aromatic rings. The Balaban J connectivity index is 1.75. The molecule has 10 heteroatoms. The van der Waals surface area contributed by atoms with Crippen LogP contribution in [0, 0.1) is 19.7 Å². The lowest BCUT2D eigenvalue weighted by Gasteiger charge is -2.28. The average Bonchev–Trinajstić information content (AvgIpc) is 2.83. The van der Waals surface area contributed by atoms with Crippen molar-refractivity contribution in [3.05, 3.63) is 93.8 Å². The molecule has 0 unspecified atom stereocenters. The molecule has 0 aliphatic rings. The lowest BCUT2D eigenvalue weighted by atomic mass is 10.00. The summed E-state index contributed by atoms with van der Waals surface area (Å²) in [7, 11) is 0. The van der Waals surface area contributed by atoms with E-state index in [1.54, 1.807) is 43.0 Å². The Hall–Kier alpha value is -4.18. The van der Waals surface area contributed by atoms with E-state index in [1.165, 1.54) is 24.5 Å².